The van der Waals surface area contributed by atoms with Crippen LogP contribution in [0.2, 0.25) is 0 Å². The first kappa shape index (κ1) is 12.0. The molecule has 0 bridgehead atoms. The van der Waals surface area contributed by atoms with Crippen molar-refractivity contribution in [1.29, 1.82) is 0 Å². The third-order valence-corrected chi connectivity index (χ3v) is 3.77. The molecule has 0 N–H and O–H groups in total. The van der Waals surface area contributed by atoms with Gasteiger partial charge in [0, 0.05) is 19.3 Å². The third-order valence-electron chi connectivity index (χ3n) is 2.85. The molecule has 3 nitrogen and oxygen atoms in total. The molecule has 1 unspecified atom stereocenters. The first-order chi connectivity index (χ1) is 6.51. The average Bonchev–Trinajstić information content (AvgIpc) is 2.49. The molecule has 84 valence electrons. The minimum absolute atomic E-state index is 0.311. The highest BCUT2D eigenvalue weighted by atomic mass is 32.2. The standard InChI is InChI=1S/C10H21NO2S/c1-3-4-10-5-6-11(9-10)7-8-14(2,12)13/h10H,3-9H2,1-2H3. The molecule has 1 heterocycles. The SMILES string of the molecule is CCCC1CCN(CCS(C)(=O)=O)C1. The maximum absolute atomic E-state index is 11.0. The summed E-state index contributed by atoms with van der Waals surface area (Å²) in [5, 5.41) is 0. The van der Waals surface area contributed by atoms with Crippen LogP contribution in [0.4, 0.5) is 0 Å². The molecule has 4 heteroatoms. The molecular weight excluding hydrogens is 198 g/mol. The molecule has 1 rings (SSSR count). The van der Waals surface area contributed by atoms with Crippen molar-refractivity contribution in [2.75, 3.05) is 31.6 Å². The highest BCUT2D eigenvalue weighted by Crippen LogP contribution is 2.20. The van der Waals surface area contributed by atoms with E-state index in [9.17, 15) is 8.42 Å². The van der Waals surface area contributed by atoms with Gasteiger partial charge in [0.05, 0.1) is 5.75 Å². The van der Waals surface area contributed by atoms with Crippen LogP contribution in [-0.2, 0) is 9.84 Å². The zero-order valence-electron chi connectivity index (χ0n) is 9.20. The zero-order chi connectivity index (χ0) is 10.6. The van der Waals surface area contributed by atoms with Crippen molar-refractivity contribution in [3.05, 3.63) is 0 Å². The van der Waals surface area contributed by atoms with E-state index in [1.165, 1.54) is 25.5 Å². The lowest BCUT2D eigenvalue weighted by atomic mass is 10.0. The molecule has 1 fully saturated rings. The van der Waals surface area contributed by atoms with Gasteiger partial charge in [-0.1, -0.05) is 13.3 Å². The lowest BCUT2D eigenvalue weighted by Gasteiger charge is -2.14. The van der Waals surface area contributed by atoms with Crippen LogP contribution in [0.1, 0.15) is 26.2 Å². The van der Waals surface area contributed by atoms with Gasteiger partial charge in [0.1, 0.15) is 9.84 Å². The predicted octanol–water partition coefficient (Wildman–Crippen LogP) is 1.15. The van der Waals surface area contributed by atoms with Crippen LogP contribution in [0.15, 0.2) is 0 Å². The molecular formula is C10H21NO2S. The van der Waals surface area contributed by atoms with E-state index in [1.54, 1.807) is 0 Å². The van der Waals surface area contributed by atoms with Crippen LogP contribution in [0.3, 0.4) is 0 Å². The van der Waals surface area contributed by atoms with Crippen molar-refractivity contribution in [2.45, 2.75) is 26.2 Å². The van der Waals surface area contributed by atoms with Crippen molar-refractivity contribution < 1.29 is 8.42 Å². The Morgan fingerprint density at radius 1 is 1.43 bits per heavy atom. The van der Waals surface area contributed by atoms with Crippen molar-refractivity contribution in [3.63, 3.8) is 0 Å². The molecule has 0 aromatic rings. The van der Waals surface area contributed by atoms with Crippen LogP contribution in [0.5, 0.6) is 0 Å². The van der Waals surface area contributed by atoms with Gasteiger partial charge in [0.15, 0.2) is 0 Å². The van der Waals surface area contributed by atoms with Crippen LogP contribution < -0.4 is 0 Å². The van der Waals surface area contributed by atoms with Gasteiger partial charge in [-0.25, -0.2) is 8.42 Å². The van der Waals surface area contributed by atoms with E-state index >= 15 is 0 Å². The summed E-state index contributed by atoms with van der Waals surface area (Å²) in [5.41, 5.74) is 0. The van der Waals surface area contributed by atoms with Gasteiger partial charge in [0.25, 0.3) is 0 Å². The summed E-state index contributed by atoms with van der Waals surface area (Å²) in [5.74, 6) is 1.12. The summed E-state index contributed by atoms with van der Waals surface area (Å²) in [4.78, 5) is 2.28. The smallest absolute Gasteiger partial charge is 0.148 e. The average molecular weight is 219 g/mol. The van der Waals surface area contributed by atoms with Crippen molar-refractivity contribution in [1.82, 2.24) is 4.90 Å². The number of hydrogen-bond donors (Lipinski definition) is 0. The van der Waals surface area contributed by atoms with Gasteiger partial charge in [-0.3, -0.25) is 0 Å². The van der Waals surface area contributed by atoms with E-state index in [1.807, 2.05) is 0 Å². The molecule has 0 radical (unpaired) electrons. The number of hydrogen-bond acceptors (Lipinski definition) is 3. The molecule has 0 aromatic carbocycles. The maximum Gasteiger partial charge on any atom is 0.148 e. The summed E-state index contributed by atoms with van der Waals surface area (Å²) in [6.45, 7) is 5.11. The molecule has 1 atom stereocenters. The van der Waals surface area contributed by atoms with Crippen LogP contribution in [-0.4, -0.2) is 45.0 Å². The maximum atomic E-state index is 11.0. The number of nitrogens with zero attached hydrogens (tertiary/aromatic N) is 1. The lowest BCUT2D eigenvalue weighted by molar-refractivity contribution is 0.338. The van der Waals surface area contributed by atoms with E-state index in [4.69, 9.17) is 0 Å². The summed E-state index contributed by atoms with van der Waals surface area (Å²) in [6.07, 6.45) is 5.09. The number of sulfone groups is 1. The van der Waals surface area contributed by atoms with Crippen LogP contribution >= 0.6 is 0 Å². The topological polar surface area (TPSA) is 37.4 Å². The molecule has 0 aromatic heterocycles. The fraction of sp³-hybridized carbons (Fsp3) is 1.00. The first-order valence-corrected chi connectivity index (χ1v) is 7.47. The lowest BCUT2D eigenvalue weighted by Crippen LogP contribution is -2.27. The fourth-order valence-corrected chi connectivity index (χ4v) is 2.64. The van der Waals surface area contributed by atoms with Gasteiger partial charge < -0.3 is 4.90 Å². The fourth-order valence-electron chi connectivity index (χ4n) is 2.05. The Morgan fingerprint density at radius 2 is 2.14 bits per heavy atom. The molecule has 1 aliphatic heterocycles. The van der Waals surface area contributed by atoms with Gasteiger partial charge in [-0.05, 0) is 25.3 Å². The second-order valence-corrected chi connectivity index (χ2v) is 6.63. The van der Waals surface area contributed by atoms with Crippen LogP contribution in [0.25, 0.3) is 0 Å². The van der Waals surface area contributed by atoms with Gasteiger partial charge in [-0.15, -0.1) is 0 Å². The molecule has 14 heavy (non-hydrogen) atoms. The third kappa shape index (κ3) is 4.42. The Labute approximate surface area is 87.4 Å². The second-order valence-electron chi connectivity index (χ2n) is 4.37. The van der Waals surface area contributed by atoms with Gasteiger partial charge in [-0.2, -0.15) is 0 Å². The molecule has 1 saturated heterocycles. The minimum atomic E-state index is -2.78. The number of rotatable bonds is 5. The molecule has 0 spiro atoms. The molecule has 0 saturated carbocycles. The van der Waals surface area contributed by atoms with Crippen molar-refractivity contribution in [3.8, 4) is 0 Å². The predicted molar refractivity (Wildman–Crippen MR) is 59.2 cm³/mol. The normalized spacial score (nSPS) is 24.3. The van der Waals surface area contributed by atoms with E-state index in [2.05, 4.69) is 11.8 Å². The second kappa shape index (κ2) is 5.12. The summed E-state index contributed by atoms with van der Waals surface area (Å²) < 4.78 is 21.9. The summed E-state index contributed by atoms with van der Waals surface area (Å²) in [6, 6.07) is 0. The highest BCUT2D eigenvalue weighted by molar-refractivity contribution is 7.90. The number of likely N-dealkylation sites (tertiary alicyclic amines) is 1. The van der Waals surface area contributed by atoms with E-state index in [-0.39, 0.29) is 0 Å². The van der Waals surface area contributed by atoms with Crippen LogP contribution in [0, 0.1) is 5.92 Å². The minimum Gasteiger partial charge on any atom is -0.302 e. The van der Waals surface area contributed by atoms with E-state index in [0.29, 0.717) is 5.75 Å². The largest absolute Gasteiger partial charge is 0.302 e. The first-order valence-electron chi connectivity index (χ1n) is 5.41. The Bertz CT molecular complexity index is 261. The van der Waals surface area contributed by atoms with E-state index in [0.717, 1.165) is 25.6 Å². The molecule has 1 aliphatic rings. The van der Waals surface area contributed by atoms with Gasteiger partial charge >= 0.3 is 0 Å². The Balaban J connectivity index is 2.23. The van der Waals surface area contributed by atoms with E-state index < -0.39 is 9.84 Å². The van der Waals surface area contributed by atoms with Crippen molar-refractivity contribution in [2.24, 2.45) is 5.92 Å². The van der Waals surface area contributed by atoms with Gasteiger partial charge in [0.2, 0.25) is 0 Å². The Kier molecular flexibility index (Phi) is 4.38. The zero-order valence-corrected chi connectivity index (χ0v) is 10.0. The summed E-state index contributed by atoms with van der Waals surface area (Å²) >= 11 is 0. The quantitative estimate of drug-likeness (QED) is 0.696. The monoisotopic (exact) mass is 219 g/mol. The van der Waals surface area contributed by atoms with Crippen molar-refractivity contribution >= 4 is 9.84 Å². The highest BCUT2D eigenvalue weighted by Gasteiger charge is 2.21. The molecule has 0 aliphatic carbocycles. The molecule has 0 amide bonds. The summed E-state index contributed by atoms with van der Waals surface area (Å²) in [7, 11) is -2.78. The Morgan fingerprint density at radius 3 is 2.71 bits per heavy atom. The Hall–Kier alpha value is -0.0900.